The van der Waals surface area contributed by atoms with Crippen LogP contribution < -0.4 is 10.5 Å². The normalized spacial score (nSPS) is 11.8. The minimum absolute atomic E-state index is 0.119. The van der Waals surface area contributed by atoms with Gasteiger partial charge in [-0.05, 0) is 50.1 Å². The van der Waals surface area contributed by atoms with E-state index in [4.69, 9.17) is 5.73 Å². The molecule has 0 radical (unpaired) electrons. The fourth-order valence-electron chi connectivity index (χ4n) is 1.65. The van der Waals surface area contributed by atoms with Crippen LogP contribution in [0.25, 0.3) is 0 Å². The average molecular weight is 424 g/mol. The molecule has 0 aliphatic rings. The van der Waals surface area contributed by atoms with Crippen LogP contribution >= 0.6 is 31.9 Å². The molecule has 0 unspecified atom stereocenters. The molecular formula is C11H12Br2N4O2S. The molecule has 0 atom stereocenters. The molecule has 2 aromatic rings. The van der Waals surface area contributed by atoms with E-state index in [9.17, 15) is 8.42 Å². The van der Waals surface area contributed by atoms with Gasteiger partial charge in [0.1, 0.15) is 4.90 Å². The lowest BCUT2D eigenvalue weighted by Gasteiger charge is -2.11. The number of sulfonamides is 1. The molecule has 0 fully saturated rings. The number of anilines is 1. The highest BCUT2D eigenvalue weighted by Crippen LogP contribution is 2.32. The third kappa shape index (κ3) is 3.22. The number of nitrogens with one attached hydrogen (secondary N) is 1. The molecule has 9 heteroatoms. The van der Waals surface area contributed by atoms with E-state index in [1.54, 1.807) is 36.1 Å². The Kier molecular flexibility index (Phi) is 4.52. The highest BCUT2D eigenvalue weighted by atomic mass is 79.9. The Morgan fingerprint density at radius 3 is 2.45 bits per heavy atom. The van der Waals surface area contributed by atoms with Crippen LogP contribution in [0.3, 0.4) is 0 Å². The molecule has 6 nitrogen and oxygen atoms in total. The van der Waals surface area contributed by atoms with Crippen molar-refractivity contribution in [1.82, 2.24) is 14.5 Å². The number of nitrogens with two attached hydrogens (primary N) is 1. The summed E-state index contributed by atoms with van der Waals surface area (Å²) in [5.41, 5.74) is 6.88. The van der Waals surface area contributed by atoms with Crippen molar-refractivity contribution in [3.8, 4) is 0 Å². The molecule has 0 saturated carbocycles. The van der Waals surface area contributed by atoms with Gasteiger partial charge in [-0.2, -0.15) is 5.10 Å². The van der Waals surface area contributed by atoms with Gasteiger partial charge >= 0.3 is 0 Å². The zero-order valence-corrected chi connectivity index (χ0v) is 14.5. The Morgan fingerprint density at radius 2 is 1.95 bits per heavy atom. The summed E-state index contributed by atoms with van der Waals surface area (Å²) in [5.74, 6) is 0. The number of rotatable bonds is 4. The van der Waals surface area contributed by atoms with Gasteiger partial charge in [0.15, 0.2) is 0 Å². The van der Waals surface area contributed by atoms with E-state index >= 15 is 0 Å². The summed E-state index contributed by atoms with van der Waals surface area (Å²) in [7, 11) is -1.92. The number of aryl methyl sites for hydroxylation is 1. The Hall–Kier alpha value is -0.900. The quantitative estimate of drug-likeness (QED) is 0.736. The second-order valence-electron chi connectivity index (χ2n) is 4.08. The molecule has 0 amide bonds. The van der Waals surface area contributed by atoms with Gasteiger partial charge in [0.05, 0.1) is 12.2 Å². The van der Waals surface area contributed by atoms with Gasteiger partial charge < -0.3 is 5.73 Å². The van der Waals surface area contributed by atoms with Crippen molar-refractivity contribution in [3.05, 3.63) is 39.0 Å². The summed E-state index contributed by atoms with van der Waals surface area (Å²) in [5, 5.41) is 3.98. The van der Waals surface area contributed by atoms with Crippen molar-refractivity contribution in [1.29, 1.82) is 0 Å². The first kappa shape index (κ1) is 15.5. The van der Waals surface area contributed by atoms with E-state index < -0.39 is 10.0 Å². The molecule has 1 aromatic heterocycles. The number of aromatic nitrogens is 2. The molecule has 0 aliphatic carbocycles. The molecule has 0 spiro atoms. The first-order valence-electron chi connectivity index (χ1n) is 5.52. The highest BCUT2D eigenvalue weighted by molar-refractivity contribution is 9.11. The molecule has 108 valence electrons. The summed E-state index contributed by atoms with van der Waals surface area (Å²) < 4.78 is 29.6. The van der Waals surface area contributed by atoms with Crippen molar-refractivity contribution in [3.63, 3.8) is 0 Å². The highest BCUT2D eigenvalue weighted by Gasteiger charge is 2.21. The topological polar surface area (TPSA) is 90.0 Å². The maximum Gasteiger partial charge on any atom is 0.243 e. The predicted octanol–water partition coefficient (Wildman–Crippen LogP) is 2.01. The SMILES string of the molecule is Cn1nccc1CNS(=O)(=O)c1c(Br)cc(N)cc1Br. The Morgan fingerprint density at radius 1 is 1.35 bits per heavy atom. The lowest BCUT2D eigenvalue weighted by molar-refractivity contribution is 0.576. The van der Waals surface area contributed by atoms with Crippen LogP contribution in [-0.4, -0.2) is 18.2 Å². The summed E-state index contributed by atoms with van der Waals surface area (Å²) in [6, 6.07) is 4.84. The van der Waals surface area contributed by atoms with Crippen LogP contribution in [0.1, 0.15) is 5.69 Å². The number of nitrogens with zero attached hydrogens (tertiary/aromatic N) is 2. The minimum atomic E-state index is -3.67. The zero-order valence-electron chi connectivity index (χ0n) is 10.5. The second-order valence-corrected chi connectivity index (χ2v) is 7.50. The van der Waals surface area contributed by atoms with Gasteiger partial charge in [0.25, 0.3) is 0 Å². The molecule has 20 heavy (non-hydrogen) atoms. The number of benzene rings is 1. The van der Waals surface area contributed by atoms with Gasteiger partial charge in [0, 0.05) is 27.9 Å². The smallest absolute Gasteiger partial charge is 0.243 e. The maximum atomic E-state index is 12.4. The van der Waals surface area contributed by atoms with Crippen molar-refractivity contribution >= 4 is 47.6 Å². The Bertz CT molecular complexity index is 720. The zero-order chi connectivity index (χ0) is 14.9. The first-order chi connectivity index (χ1) is 9.31. The second kappa shape index (κ2) is 5.84. The Balaban J connectivity index is 2.30. The number of hydrogen-bond donors (Lipinski definition) is 2. The van der Waals surface area contributed by atoms with Crippen molar-refractivity contribution in [2.75, 3.05) is 5.73 Å². The predicted molar refractivity (Wildman–Crippen MR) is 83.5 cm³/mol. The summed E-state index contributed by atoms with van der Waals surface area (Å²) in [6.07, 6.45) is 1.61. The molecule has 0 aliphatic heterocycles. The monoisotopic (exact) mass is 422 g/mol. The molecule has 1 aromatic carbocycles. The van der Waals surface area contributed by atoms with Gasteiger partial charge in [-0.3, -0.25) is 4.68 Å². The van der Waals surface area contributed by atoms with Crippen molar-refractivity contribution in [2.45, 2.75) is 11.4 Å². The number of hydrogen-bond acceptors (Lipinski definition) is 4. The average Bonchev–Trinajstić information content (AvgIpc) is 2.70. The van der Waals surface area contributed by atoms with Crippen molar-refractivity contribution in [2.24, 2.45) is 7.05 Å². The van der Waals surface area contributed by atoms with Gasteiger partial charge in [-0.1, -0.05) is 0 Å². The summed E-state index contributed by atoms with van der Waals surface area (Å²) in [6.45, 7) is 0.155. The van der Waals surface area contributed by atoms with Gasteiger partial charge in [-0.25, -0.2) is 13.1 Å². The fourth-order valence-corrected chi connectivity index (χ4v) is 5.27. The minimum Gasteiger partial charge on any atom is -0.399 e. The van der Waals surface area contributed by atoms with E-state index in [-0.39, 0.29) is 11.4 Å². The van der Waals surface area contributed by atoms with Crippen LogP contribution in [0.4, 0.5) is 5.69 Å². The van der Waals surface area contributed by atoms with Crippen LogP contribution in [0, 0.1) is 0 Å². The first-order valence-corrected chi connectivity index (χ1v) is 8.59. The fraction of sp³-hybridized carbons (Fsp3) is 0.182. The van der Waals surface area contributed by atoms with Crippen LogP contribution in [0.2, 0.25) is 0 Å². The standard InChI is InChI=1S/C11H12Br2N4O2S/c1-17-8(2-3-15-17)6-16-20(18,19)11-9(12)4-7(14)5-10(11)13/h2-5,16H,6,14H2,1H3. The molecule has 1 heterocycles. The largest absolute Gasteiger partial charge is 0.399 e. The number of nitrogen functional groups attached to an aromatic ring is 1. The van der Waals surface area contributed by atoms with Crippen LogP contribution in [-0.2, 0) is 23.6 Å². The molecule has 0 saturated heterocycles. The van der Waals surface area contributed by atoms with Gasteiger partial charge in [0.2, 0.25) is 10.0 Å². The third-order valence-corrected chi connectivity index (χ3v) is 5.93. The lowest BCUT2D eigenvalue weighted by Crippen LogP contribution is -2.25. The maximum absolute atomic E-state index is 12.4. The molecule has 2 rings (SSSR count). The van der Waals surface area contributed by atoms with E-state index in [0.717, 1.165) is 5.69 Å². The molecule has 3 N–H and O–H groups in total. The lowest BCUT2D eigenvalue weighted by atomic mass is 10.3. The van der Waals surface area contributed by atoms with E-state index in [1.807, 2.05) is 0 Å². The van der Waals surface area contributed by atoms with Crippen LogP contribution in [0.15, 0.2) is 38.2 Å². The summed E-state index contributed by atoms with van der Waals surface area (Å²) in [4.78, 5) is 0.119. The Labute approximate surface area is 133 Å². The molecular weight excluding hydrogens is 412 g/mol. The third-order valence-electron chi connectivity index (χ3n) is 2.66. The molecule has 0 bridgehead atoms. The van der Waals surface area contributed by atoms with E-state index in [1.165, 1.54) is 0 Å². The van der Waals surface area contributed by atoms with Crippen molar-refractivity contribution < 1.29 is 8.42 Å². The van der Waals surface area contributed by atoms with E-state index in [0.29, 0.717) is 14.6 Å². The summed E-state index contributed by atoms with van der Waals surface area (Å²) >= 11 is 6.44. The van der Waals surface area contributed by atoms with E-state index in [2.05, 4.69) is 41.7 Å². The van der Waals surface area contributed by atoms with Crippen LogP contribution in [0.5, 0.6) is 0 Å². The number of halogens is 2. The van der Waals surface area contributed by atoms with Gasteiger partial charge in [-0.15, -0.1) is 0 Å².